The fourth-order valence-corrected chi connectivity index (χ4v) is 3.18. The van der Waals surface area contributed by atoms with Crippen molar-refractivity contribution in [2.45, 2.75) is 39.2 Å². The molecule has 2 aliphatic rings. The molecule has 1 aromatic rings. The lowest BCUT2D eigenvalue weighted by atomic mass is 9.76. The van der Waals surface area contributed by atoms with E-state index in [1.807, 2.05) is 18.7 Å². The number of carboxylic acids is 1. The maximum Gasteiger partial charge on any atom is 0.311 e. The number of carbonyl (C=O) groups is 1. The Morgan fingerprint density at radius 2 is 2.19 bits per heavy atom. The fourth-order valence-electron chi connectivity index (χ4n) is 3.18. The van der Waals surface area contributed by atoms with E-state index in [1.165, 1.54) is 0 Å². The Kier molecular flexibility index (Phi) is 3.26. The number of hydrogen-bond acceptors (Lipinski definition) is 4. The lowest BCUT2D eigenvalue weighted by Gasteiger charge is -2.28. The molecule has 114 valence electrons. The summed E-state index contributed by atoms with van der Waals surface area (Å²) in [5.74, 6) is -0.360. The van der Waals surface area contributed by atoms with Crippen molar-refractivity contribution in [3.05, 3.63) is 22.7 Å². The monoisotopic (exact) mass is 291 g/mol. The summed E-state index contributed by atoms with van der Waals surface area (Å²) >= 11 is 0. The number of anilines is 1. The van der Waals surface area contributed by atoms with E-state index in [4.69, 9.17) is 0 Å². The topological polar surface area (TPSA) is 75.4 Å². The molecule has 1 aliphatic carbocycles. The van der Waals surface area contributed by atoms with E-state index in [-0.39, 0.29) is 11.5 Å². The smallest absolute Gasteiger partial charge is 0.311 e. The molecule has 1 saturated heterocycles. The van der Waals surface area contributed by atoms with Crippen LogP contribution in [0.15, 0.2) is 17.2 Å². The molecular formula is C15H21N3O3. The van der Waals surface area contributed by atoms with Gasteiger partial charge in [0.1, 0.15) is 0 Å². The van der Waals surface area contributed by atoms with Crippen LogP contribution in [0.2, 0.25) is 0 Å². The van der Waals surface area contributed by atoms with Gasteiger partial charge < -0.3 is 14.6 Å². The van der Waals surface area contributed by atoms with Gasteiger partial charge in [-0.2, -0.15) is 0 Å². The van der Waals surface area contributed by atoms with Crippen molar-refractivity contribution in [2.24, 2.45) is 11.3 Å². The van der Waals surface area contributed by atoms with E-state index in [0.29, 0.717) is 31.4 Å². The summed E-state index contributed by atoms with van der Waals surface area (Å²) in [5.41, 5.74) is -0.876. The Hall–Kier alpha value is -1.85. The summed E-state index contributed by atoms with van der Waals surface area (Å²) in [5, 5.41) is 9.59. The highest BCUT2D eigenvalue weighted by Gasteiger charge is 2.48. The maximum absolute atomic E-state index is 12.5. The Balaban J connectivity index is 1.91. The predicted molar refractivity (Wildman–Crippen MR) is 78.5 cm³/mol. The Labute approximate surface area is 123 Å². The molecule has 0 spiro atoms. The van der Waals surface area contributed by atoms with Crippen LogP contribution in [0.1, 0.15) is 39.2 Å². The molecule has 0 bridgehead atoms. The van der Waals surface area contributed by atoms with Crippen molar-refractivity contribution in [3.8, 4) is 0 Å². The summed E-state index contributed by atoms with van der Waals surface area (Å²) in [7, 11) is 0. The van der Waals surface area contributed by atoms with Gasteiger partial charge in [-0.05, 0) is 25.2 Å². The van der Waals surface area contributed by atoms with Crippen LogP contribution in [0.3, 0.4) is 0 Å². The van der Waals surface area contributed by atoms with Crippen molar-refractivity contribution in [3.63, 3.8) is 0 Å². The standard InChI is InChI=1S/C15H21N3O3/c1-10(2)15(14(20)21)5-7-17(9-15)12-13(19)18(8-6-16-12)11-3-4-11/h6,8,10-11H,3-5,7,9H2,1-2H3,(H,20,21). The van der Waals surface area contributed by atoms with Crippen LogP contribution in [0, 0.1) is 11.3 Å². The number of hydrogen-bond donors (Lipinski definition) is 1. The Morgan fingerprint density at radius 3 is 2.71 bits per heavy atom. The van der Waals surface area contributed by atoms with Gasteiger partial charge in [-0.1, -0.05) is 13.8 Å². The van der Waals surface area contributed by atoms with Gasteiger partial charge in [0.15, 0.2) is 5.82 Å². The SMILES string of the molecule is CC(C)C1(C(=O)O)CCN(c2nccn(C3CC3)c2=O)C1. The molecule has 1 atom stereocenters. The van der Waals surface area contributed by atoms with Gasteiger partial charge in [0, 0.05) is 31.5 Å². The van der Waals surface area contributed by atoms with E-state index in [1.54, 1.807) is 17.0 Å². The molecular weight excluding hydrogens is 270 g/mol. The third-order valence-corrected chi connectivity index (χ3v) is 4.92. The number of nitrogens with zero attached hydrogens (tertiary/aromatic N) is 3. The summed E-state index contributed by atoms with van der Waals surface area (Å²) in [6, 6.07) is 0.302. The van der Waals surface area contributed by atoms with Crippen LogP contribution >= 0.6 is 0 Å². The second kappa shape index (κ2) is 4.86. The average molecular weight is 291 g/mol. The van der Waals surface area contributed by atoms with Gasteiger partial charge in [-0.3, -0.25) is 9.59 Å². The number of rotatable bonds is 4. The van der Waals surface area contributed by atoms with Gasteiger partial charge in [0.2, 0.25) is 0 Å². The van der Waals surface area contributed by atoms with Crippen molar-refractivity contribution in [1.82, 2.24) is 9.55 Å². The van der Waals surface area contributed by atoms with Crippen LogP contribution in [0.25, 0.3) is 0 Å². The molecule has 21 heavy (non-hydrogen) atoms. The zero-order valence-corrected chi connectivity index (χ0v) is 12.5. The second-order valence-electron chi connectivity index (χ2n) is 6.48. The van der Waals surface area contributed by atoms with Crippen LogP contribution in [-0.2, 0) is 4.79 Å². The molecule has 6 heteroatoms. The molecule has 3 rings (SSSR count). The normalized spacial score (nSPS) is 25.6. The summed E-state index contributed by atoms with van der Waals surface area (Å²) in [6.45, 7) is 4.79. The summed E-state index contributed by atoms with van der Waals surface area (Å²) in [4.78, 5) is 30.2. The molecule has 0 amide bonds. The molecule has 2 fully saturated rings. The maximum atomic E-state index is 12.5. The van der Waals surface area contributed by atoms with Crippen LogP contribution in [0.4, 0.5) is 5.82 Å². The first-order chi connectivity index (χ1) is 9.95. The molecule has 0 aromatic carbocycles. The average Bonchev–Trinajstić information content (AvgIpc) is 3.16. The largest absolute Gasteiger partial charge is 0.481 e. The molecule has 1 unspecified atom stereocenters. The first-order valence-electron chi connectivity index (χ1n) is 7.51. The minimum Gasteiger partial charge on any atom is -0.481 e. The van der Waals surface area contributed by atoms with Crippen LogP contribution < -0.4 is 10.5 Å². The van der Waals surface area contributed by atoms with Gasteiger partial charge in [0.05, 0.1) is 5.41 Å². The second-order valence-corrected chi connectivity index (χ2v) is 6.48. The first-order valence-corrected chi connectivity index (χ1v) is 7.51. The quantitative estimate of drug-likeness (QED) is 0.910. The molecule has 1 aliphatic heterocycles. The highest BCUT2D eigenvalue weighted by molar-refractivity contribution is 5.77. The van der Waals surface area contributed by atoms with Crippen molar-refractivity contribution in [2.75, 3.05) is 18.0 Å². The summed E-state index contributed by atoms with van der Waals surface area (Å²) < 4.78 is 1.73. The number of carboxylic acid groups (broad SMARTS) is 1. The van der Waals surface area contributed by atoms with Crippen LogP contribution in [0.5, 0.6) is 0 Å². The van der Waals surface area contributed by atoms with E-state index in [0.717, 1.165) is 12.8 Å². The lowest BCUT2D eigenvalue weighted by Crippen LogP contribution is -2.40. The molecule has 1 N–H and O–H groups in total. The van der Waals surface area contributed by atoms with Crippen molar-refractivity contribution in [1.29, 1.82) is 0 Å². The van der Waals surface area contributed by atoms with Crippen LogP contribution in [-0.4, -0.2) is 33.7 Å². The molecule has 1 saturated carbocycles. The highest BCUT2D eigenvalue weighted by atomic mass is 16.4. The molecule has 1 aromatic heterocycles. The molecule has 2 heterocycles. The van der Waals surface area contributed by atoms with Crippen molar-refractivity contribution >= 4 is 11.8 Å². The Bertz CT molecular complexity index is 621. The minimum atomic E-state index is -0.783. The van der Waals surface area contributed by atoms with E-state index < -0.39 is 11.4 Å². The number of aliphatic carboxylic acids is 1. The minimum absolute atomic E-state index is 0.0226. The zero-order chi connectivity index (χ0) is 15.2. The summed E-state index contributed by atoms with van der Waals surface area (Å²) in [6.07, 6.45) is 6.00. The van der Waals surface area contributed by atoms with E-state index in [2.05, 4.69) is 4.98 Å². The fraction of sp³-hybridized carbons (Fsp3) is 0.667. The van der Waals surface area contributed by atoms with Gasteiger partial charge >= 0.3 is 5.97 Å². The van der Waals surface area contributed by atoms with Gasteiger partial charge in [-0.25, -0.2) is 4.98 Å². The molecule has 6 nitrogen and oxygen atoms in total. The third kappa shape index (κ3) is 2.22. The first kappa shape index (κ1) is 14.1. The highest BCUT2D eigenvalue weighted by Crippen LogP contribution is 2.39. The molecule has 0 radical (unpaired) electrons. The predicted octanol–water partition coefficient (Wildman–Crippen LogP) is 1.52. The number of aromatic nitrogens is 2. The van der Waals surface area contributed by atoms with E-state index >= 15 is 0 Å². The van der Waals surface area contributed by atoms with E-state index in [9.17, 15) is 14.7 Å². The third-order valence-electron chi connectivity index (χ3n) is 4.92. The van der Waals surface area contributed by atoms with Gasteiger partial charge in [-0.15, -0.1) is 0 Å². The van der Waals surface area contributed by atoms with Crippen molar-refractivity contribution < 1.29 is 9.90 Å². The zero-order valence-electron chi connectivity index (χ0n) is 12.5. The van der Waals surface area contributed by atoms with Gasteiger partial charge in [0.25, 0.3) is 5.56 Å². The Morgan fingerprint density at radius 1 is 1.48 bits per heavy atom. The lowest BCUT2D eigenvalue weighted by molar-refractivity contribution is -0.150.